The molecule has 0 aromatic carbocycles. The second-order valence-electron chi connectivity index (χ2n) is 4.70. The van der Waals surface area contributed by atoms with Crippen LogP contribution in [-0.2, 0) is 10.0 Å². The van der Waals surface area contributed by atoms with Crippen LogP contribution in [0.15, 0.2) is 0 Å². The van der Waals surface area contributed by atoms with E-state index in [2.05, 4.69) is 19.9 Å². The van der Waals surface area contributed by atoms with Crippen molar-refractivity contribution in [2.45, 2.75) is 25.8 Å². The molecular formula is C10H17N5O3S. The molecule has 0 radical (unpaired) electrons. The molecule has 0 unspecified atom stereocenters. The van der Waals surface area contributed by atoms with Crippen molar-refractivity contribution in [2.24, 2.45) is 0 Å². The second kappa shape index (κ2) is 5.25. The number of H-pyrrole nitrogens is 1. The molecule has 0 atom stereocenters. The van der Waals surface area contributed by atoms with Gasteiger partial charge in [0.2, 0.25) is 15.8 Å². The molecule has 106 valence electrons. The van der Waals surface area contributed by atoms with Gasteiger partial charge >= 0.3 is 0 Å². The van der Waals surface area contributed by atoms with E-state index in [0.717, 1.165) is 6.26 Å². The maximum atomic E-state index is 12.0. The number of nitrogens with zero attached hydrogens (tertiary/aromatic N) is 3. The Morgan fingerprint density at radius 2 is 2.05 bits per heavy atom. The monoisotopic (exact) mass is 287 g/mol. The van der Waals surface area contributed by atoms with E-state index in [0.29, 0.717) is 31.8 Å². The van der Waals surface area contributed by atoms with Crippen LogP contribution in [0, 0.1) is 6.92 Å². The normalized spacial score (nSPS) is 17.7. The Kier molecular flexibility index (Phi) is 3.85. The highest BCUT2D eigenvalue weighted by atomic mass is 32.2. The first-order chi connectivity index (χ1) is 8.85. The number of amides is 1. The fourth-order valence-corrected chi connectivity index (χ4v) is 2.92. The van der Waals surface area contributed by atoms with Crippen molar-refractivity contribution in [3.63, 3.8) is 0 Å². The zero-order chi connectivity index (χ0) is 14.0. The number of aromatic amines is 1. The lowest BCUT2D eigenvalue weighted by Crippen LogP contribution is -2.46. The molecule has 0 spiro atoms. The largest absolute Gasteiger partial charge is 0.336 e. The van der Waals surface area contributed by atoms with E-state index in [9.17, 15) is 13.2 Å². The van der Waals surface area contributed by atoms with Gasteiger partial charge in [0.15, 0.2) is 0 Å². The minimum atomic E-state index is -3.19. The van der Waals surface area contributed by atoms with E-state index in [1.165, 1.54) is 0 Å². The van der Waals surface area contributed by atoms with E-state index < -0.39 is 10.0 Å². The van der Waals surface area contributed by atoms with Gasteiger partial charge in [0.25, 0.3) is 5.91 Å². The smallest absolute Gasteiger partial charge is 0.293 e. The number of hydrogen-bond donors (Lipinski definition) is 2. The highest BCUT2D eigenvalue weighted by molar-refractivity contribution is 7.88. The fraction of sp³-hybridized carbons (Fsp3) is 0.700. The van der Waals surface area contributed by atoms with Crippen molar-refractivity contribution in [3.05, 3.63) is 11.6 Å². The molecule has 2 heterocycles. The molecule has 1 amide bonds. The summed E-state index contributed by atoms with van der Waals surface area (Å²) in [7, 11) is -3.19. The third-order valence-electron chi connectivity index (χ3n) is 2.95. The van der Waals surface area contributed by atoms with Crippen molar-refractivity contribution in [1.29, 1.82) is 0 Å². The van der Waals surface area contributed by atoms with Crippen LogP contribution in [0.2, 0.25) is 0 Å². The first kappa shape index (κ1) is 13.9. The molecule has 2 rings (SSSR count). The van der Waals surface area contributed by atoms with E-state index in [1.807, 2.05) is 0 Å². The van der Waals surface area contributed by atoms with Gasteiger partial charge in [-0.25, -0.2) is 18.1 Å². The maximum absolute atomic E-state index is 12.0. The zero-order valence-corrected chi connectivity index (χ0v) is 11.7. The molecule has 0 saturated carbocycles. The number of aromatic nitrogens is 3. The van der Waals surface area contributed by atoms with Gasteiger partial charge in [0, 0.05) is 19.1 Å². The van der Waals surface area contributed by atoms with Crippen molar-refractivity contribution in [3.8, 4) is 0 Å². The standard InChI is InChI=1S/C10H17N5O3S/c1-7-11-9(13-12-7)10(16)15-5-3-8(4-6-15)14-19(2,17)18/h8,14H,3-6H2,1-2H3,(H,11,12,13). The summed E-state index contributed by atoms with van der Waals surface area (Å²) in [5.74, 6) is 0.533. The van der Waals surface area contributed by atoms with Gasteiger partial charge in [-0.15, -0.1) is 5.10 Å². The lowest BCUT2D eigenvalue weighted by atomic mass is 10.1. The highest BCUT2D eigenvalue weighted by Gasteiger charge is 2.26. The van der Waals surface area contributed by atoms with Crippen molar-refractivity contribution >= 4 is 15.9 Å². The van der Waals surface area contributed by atoms with Gasteiger partial charge in [0.1, 0.15) is 5.82 Å². The molecule has 1 aliphatic heterocycles. The lowest BCUT2D eigenvalue weighted by Gasteiger charge is -2.31. The molecular weight excluding hydrogens is 270 g/mol. The van der Waals surface area contributed by atoms with E-state index in [-0.39, 0.29) is 17.8 Å². The van der Waals surface area contributed by atoms with Crippen LogP contribution in [-0.4, -0.2) is 59.8 Å². The molecule has 0 aliphatic carbocycles. The number of carbonyl (C=O) groups excluding carboxylic acids is 1. The van der Waals surface area contributed by atoms with E-state index in [1.54, 1.807) is 11.8 Å². The Bertz CT molecular complexity index is 559. The number of hydrogen-bond acceptors (Lipinski definition) is 5. The SMILES string of the molecule is Cc1nc(C(=O)N2CCC(NS(C)(=O)=O)CC2)n[nH]1. The Hall–Kier alpha value is -1.48. The minimum absolute atomic E-state index is 0.104. The van der Waals surface area contributed by atoms with Gasteiger partial charge in [0.05, 0.1) is 6.26 Å². The van der Waals surface area contributed by atoms with Crippen LogP contribution in [0.5, 0.6) is 0 Å². The predicted octanol–water partition coefficient (Wildman–Crippen LogP) is -0.733. The number of carbonyl (C=O) groups is 1. The number of piperidine rings is 1. The summed E-state index contributed by atoms with van der Waals surface area (Å²) in [6.07, 6.45) is 2.34. The Morgan fingerprint density at radius 1 is 1.42 bits per heavy atom. The minimum Gasteiger partial charge on any atom is -0.336 e. The van der Waals surface area contributed by atoms with Crippen LogP contribution in [0.3, 0.4) is 0 Å². The average molecular weight is 287 g/mol. The molecule has 1 aromatic heterocycles. The zero-order valence-electron chi connectivity index (χ0n) is 10.9. The van der Waals surface area contributed by atoms with Gasteiger partial charge in [-0.3, -0.25) is 9.89 Å². The van der Waals surface area contributed by atoms with Gasteiger partial charge < -0.3 is 4.90 Å². The summed E-state index contributed by atoms with van der Waals surface area (Å²) in [6, 6.07) is -0.104. The molecule has 1 saturated heterocycles. The summed E-state index contributed by atoms with van der Waals surface area (Å²) in [4.78, 5) is 17.7. The maximum Gasteiger partial charge on any atom is 0.293 e. The molecule has 9 heteroatoms. The average Bonchev–Trinajstić information content (AvgIpc) is 2.74. The summed E-state index contributed by atoms with van der Waals surface area (Å²) >= 11 is 0. The van der Waals surface area contributed by atoms with Gasteiger partial charge in [-0.1, -0.05) is 0 Å². The van der Waals surface area contributed by atoms with Crippen LogP contribution in [0.25, 0.3) is 0 Å². The van der Waals surface area contributed by atoms with E-state index >= 15 is 0 Å². The molecule has 1 aliphatic rings. The summed E-state index contributed by atoms with van der Waals surface area (Å²) < 4.78 is 24.8. The van der Waals surface area contributed by atoms with Gasteiger partial charge in [-0.05, 0) is 19.8 Å². The molecule has 1 aromatic rings. The van der Waals surface area contributed by atoms with Crippen LogP contribution in [0.1, 0.15) is 29.3 Å². The predicted molar refractivity (Wildman–Crippen MR) is 68.0 cm³/mol. The first-order valence-electron chi connectivity index (χ1n) is 6.01. The third kappa shape index (κ3) is 3.74. The lowest BCUT2D eigenvalue weighted by molar-refractivity contribution is 0.0699. The Morgan fingerprint density at radius 3 is 2.53 bits per heavy atom. The van der Waals surface area contributed by atoms with Crippen LogP contribution < -0.4 is 4.72 Å². The first-order valence-corrected chi connectivity index (χ1v) is 7.90. The number of nitrogens with one attached hydrogen (secondary N) is 2. The fourth-order valence-electron chi connectivity index (χ4n) is 2.08. The Balaban J connectivity index is 1.91. The molecule has 2 N–H and O–H groups in total. The van der Waals surface area contributed by atoms with Crippen LogP contribution >= 0.6 is 0 Å². The third-order valence-corrected chi connectivity index (χ3v) is 3.71. The molecule has 0 bridgehead atoms. The Labute approximate surface area is 111 Å². The molecule has 1 fully saturated rings. The van der Waals surface area contributed by atoms with Crippen molar-refractivity contribution < 1.29 is 13.2 Å². The quantitative estimate of drug-likeness (QED) is 0.761. The molecule has 8 nitrogen and oxygen atoms in total. The number of likely N-dealkylation sites (tertiary alicyclic amines) is 1. The topological polar surface area (TPSA) is 108 Å². The van der Waals surface area contributed by atoms with E-state index in [4.69, 9.17) is 0 Å². The number of aryl methyl sites for hydroxylation is 1. The molecule has 19 heavy (non-hydrogen) atoms. The summed E-state index contributed by atoms with van der Waals surface area (Å²) in [5.41, 5.74) is 0. The van der Waals surface area contributed by atoms with Crippen molar-refractivity contribution in [2.75, 3.05) is 19.3 Å². The summed E-state index contributed by atoms with van der Waals surface area (Å²) in [5, 5.41) is 6.46. The number of sulfonamides is 1. The second-order valence-corrected chi connectivity index (χ2v) is 6.48. The summed E-state index contributed by atoms with van der Waals surface area (Å²) in [6.45, 7) is 2.73. The van der Waals surface area contributed by atoms with Crippen LogP contribution in [0.4, 0.5) is 0 Å². The highest BCUT2D eigenvalue weighted by Crippen LogP contribution is 2.13. The van der Waals surface area contributed by atoms with Gasteiger partial charge in [-0.2, -0.15) is 0 Å². The van der Waals surface area contributed by atoms with Crippen molar-refractivity contribution in [1.82, 2.24) is 24.8 Å². The number of rotatable bonds is 3.